The van der Waals surface area contributed by atoms with E-state index in [4.69, 9.17) is 23.2 Å². The molecule has 15 heavy (non-hydrogen) atoms. The molecule has 0 fully saturated rings. The molecule has 0 bridgehead atoms. The average molecular weight is 276 g/mol. The summed E-state index contributed by atoms with van der Waals surface area (Å²) < 4.78 is 1.06. The number of rotatable bonds is 3. The minimum atomic E-state index is 0.669. The molecule has 5 heteroatoms. The third-order valence-corrected chi connectivity index (χ3v) is 4.38. The first-order valence-electron chi connectivity index (χ1n) is 4.22. The summed E-state index contributed by atoms with van der Waals surface area (Å²) in [7, 11) is 0. The van der Waals surface area contributed by atoms with Crippen LogP contribution in [0.1, 0.15) is 5.56 Å². The van der Waals surface area contributed by atoms with Gasteiger partial charge in [0.25, 0.3) is 0 Å². The molecule has 78 valence electrons. The maximum Gasteiger partial charge on any atom is 0.150 e. The van der Waals surface area contributed by atoms with Crippen LogP contribution in [0.3, 0.4) is 0 Å². The van der Waals surface area contributed by atoms with E-state index in [1.807, 2.05) is 17.5 Å². The molecule has 1 nitrogen and oxygen atoms in total. The first-order valence-corrected chi connectivity index (χ1v) is 6.84. The molecule has 0 unspecified atom stereocenters. The highest BCUT2D eigenvalue weighted by Crippen LogP contribution is 2.29. The minimum absolute atomic E-state index is 0.669. The Balaban J connectivity index is 2.05. The molecule has 1 aromatic heterocycles. The van der Waals surface area contributed by atoms with Crippen molar-refractivity contribution in [1.29, 1.82) is 0 Å². The number of thiazole rings is 1. The summed E-state index contributed by atoms with van der Waals surface area (Å²) in [5, 5.41) is 3.35. The topological polar surface area (TPSA) is 12.9 Å². The number of benzene rings is 1. The lowest BCUT2D eigenvalue weighted by atomic mass is 10.2. The fraction of sp³-hybridized carbons (Fsp3) is 0.100. The number of thioether (sulfide) groups is 1. The van der Waals surface area contributed by atoms with Crippen LogP contribution in [0.15, 0.2) is 34.1 Å². The second kappa shape index (κ2) is 5.21. The predicted molar refractivity (Wildman–Crippen MR) is 68.1 cm³/mol. The Bertz CT molecular complexity index is 443. The maximum atomic E-state index is 6.05. The predicted octanol–water partition coefficient (Wildman–Crippen LogP) is 4.74. The summed E-state index contributed by atoms with van der Waals surface area (Å²) in [4.78, 5) is 4.19. The summed E-state index contributed by atoms with van der Waals surface area (Å²) in [5.41, 5.74) is 1.08. The molecule has 1 aromatic carbocycles. The van der Waals surface area contributed by atoms with Crippen LogP contribution >= 0.6 is 46.3 Å². The van der Waals surface area contributed by atoms with Crippen LogP contribution in [-0.4, -0.2) is 4.98 Å². The van der Waals surface area contributed by atoms with Crippen molar-refractivity contribution in [3.8, 4) is 0 Å². The average Bonchev–Trinajstić information content (AvgIpc) is 2.69. The number of aromatic nitrogens is 1. The van der Waals surface area contributed by atoms with Crippen LogP contribution in [0.2, 0.25) is 10.0 Å². The normalized spacial score (nSPS) is 10.5. The molecule has 0 radical (unpaired) electrons. The van der Waals surface area contributed by atoms with Crippen LogP contribution in [0, 0.1) is 0 Å². The van der Waals surface area contributed by atoms with Gasteiger partial charge in [-0.05, 0) is 17.7 Å². The molecule has 1 heterocycles. The van der Waals surface area contributed by atoms with E-state index in [9.17, 15) is 0 Å². The molecular weight excluding hydrogens is 269 g/mol. The Morgan fingerprint density at radius 1 is 1.33 bits per heavy atom. The van der Waals surface area contributed by atoms with Gasteiger partial charge in [-0.1, -0.05) is 41.0 Å². The van der Waals surface area contributed by atoms with Gasteiger partial charge in [0, 0.05) is 27.4 Å². The maximum absolute atomic E-state index is 6.05. The molecule has 0 aliphatic heterocycles. The fourth-order valence-electron chi connectivity index (χ4n) is 1.06. The van der Waals surface area contributed by atoms with Crippen LogP contribution < -0.4 is 0 Å². The Kier molecular flexibility index (Phi) is 3.92. The van der Waals surface area contributed by atoms with E-state index in [0.29, 0.717) is 10.0 Å². The van der Waals surface area contributed by atoms with E-state index in [2.05, 4.69) is 4.98 Å². The molecular formula is C10H7Cl2NS2. The van der Waals surface area contributed by atoms with Gasteiger partial charge in [-0.15, -0.1) is 11.3 Å². The quantitative estimate of drug-likeness (QED) is 0.751. The zero-order valence-electron chi connectivity index (χ0n) is 7.61. The minimum Gasteiger partial charge on any atom is -0.238 e. The molecule has 0 N–H and O–H groups in total. The van der Waals surface area contributed by atoms with Gasteiger partial charge >= 0.3 is 0 Å². The lowest BCUT2D eigenvalue weighted by molar-refractivity contribution is 1.24. The highest BCUT2D eigenvalue weighted by molar-refractivity contribution is 8.00. The molecule has 0 aliphatic rings. The summed E-state index contributed by atoms with van der Waals surface area (Å²) in [6.45, 7) is 0. The van der Waals surface area contributed by atoms with Gasteiger partial charge in [-0.3, -0.25) is 0 Å². The van der Waals surface area contributed by atoms with Crippen molar-refractivity contribution in [1.82, 2.24) is 4.98 Å². The van der Waals surface area contributed by atoms with Gasteiger partial charge in [0.05, 0.1) is 0 Å². The zero-order chi connectivity index (χ0) is 10.7. The van der Waals surface area contributed by atoms with Gasteiger partial charge in [0.2, 0.25) is 0 Å². The second-order valence-corrected chi connectivity index (χ2v) is 5.78. The van der Waals surface area contributed by atoms with Gasteiger partial charge < -0.3 is 0 Å². The molecule has 0 aliphatic carbocycles. The fourth-order valence-corrected chi connectivity index (χ4v) is 3.26. The summed E-state index contributed by atoms with van der Waals surface area (Å²) in [6, 6.07) is 5.57. The zero-order valence-corrected chi connectivity index (χ0v) is 10.8. The van der Waals surface area contributed by atoms with Crippen LogP contribution in [0.4, 0.5) is 0 Å². The first kappa shape index (κ1) is 11.3. The number of hydrogen-bond donors (Lipinski definition) is 0. The third-order valence-electron chi connectivity index (χ3n) is 1.78. The van der Waals surface area contributed by atoms with Crippen molar-refractivity contribution < 1.29 is 0 Å². The second-order valence-electron chi connectivity index (χ2n) is 2.82. The van der Waals surface area contributed by atoms with Crippen molar-refractivity contribution >= 4 is 46.3 Å². The first-order chi connectivity index (χ1) is 7.25. The van der Waals surface area contributed by atoms with E-state index in [-0.39, 0.29) is 0 Å². The Morgan fingerprint density at radius 3 is 2.87 bits per heavy atom. The van der Waals surface area contributed by atoms with E-state index in [1.54, 1.807) is 35.4 Å². The van der Waals surface area contributed by atoms with E-state index < -0.39 is 0 Å². The summed E-state index contributed by atoms with van der Waals surface area (Å²) >= 11 is 15.2. The van der Waals surface area contributed by atoms with E-state index in [1.165, 1.54) is 0 Å². The van der Waals surface area contributed by atoms with Gasteiger partial charge in [0.15, 0.2) is 0 Å². The molecule has 2 aromatic rings. The van der Waals surface area contributed by atoms with Crippen molar-refractivity contribution in [2.45, 2.75) is 10.1 Å². The van der Waals surface area contributed by atoms with Crippen molar-refractivity contribution in [3.63, 3.8) is 0 Å². The van der Waals surface area contributed by atoms with Crippen LogP contribution in [0.25, 0.3) is 0 Å². The van der Waals surface area contributed by atoms with E-state index >= 15 is 0 Å². The highest BCUT2D eigenvalue weighted by Gasteiger charge is 2.03. The van der Waals surface area contributed by atoms with Crippen LogP contribution in [-0.2, 0) is 5.75 Å². The lowest BCUT2D eigenvalue weighted by Crippen LogP contribution is -1.82. The van der Waals surface area contributed by atoms with Crippen molar-refractivity contribution in [3.05, 3.63) is 45.4 Å². The van der Waals surface area contributed by atoms with Gasteiger partial charge in [-0.25, -0.2) is 4.98 Å². The Labute approximate surface area is 106 Å². The number of nitrogens with zero attached hydrogens (tertiary/aromatic N) is 1. The standard InChI is InChI=1S/C10H7Cl2NS2/c11-8-2-1-7(9(12)5-8)6-15-10-13-3-4-14-10/h1-5H,6H2. The molecule has 2 rings (SSSR count). The van der Waals surface area contributed by atoms with Crippen LogP contribution in [0.5, 0.6) is 0 Å². The summed E-state index contributed by atoms with van der Waals surface area (Å²) in [6.07, 6.45) is 1.80. The molecule has 0 amide bonds. The summed E-state index contributed by atoms with van der Waals surface area (Å²) in [5.74, 6) is 0.823. The number of halogens is 2. The molecule has 0 saturated carbocycles. The molecule has 0 atom stereocenters. The van der Waals surface area contributed by atoms with Crippen molar-refractivity contribution in [2.24, 2.45) is 0 Å². The number of hydrogen-bond acceptors (Lipinski definition) is 3. The molecule has 0 spiro atoms. The monoisotopic (exact) mass is 275 g/mol. The lowest BCUT2D eigenvalue weighted by Gasteiger charge is -2.02. The SMILES string of the molecule is Clc1ccc(CSc2nccs2)c(Cl)c1. The van der Waals surface area contributed by atoms with Gasteiger partial charge in [-0.2, -0.15) is 0 Å². The third kappa shape index (κ3) is 3.11. The Hall–Kier alpha value is -0.220. The largest absolute Gasteiger partial charge is 0.238 e. The highest BCUT2D eigenvalue weighted by atomic mass is 35.5. The van der Waals surface area contributed by atoms with Gasteiger partial charge in [0.1, 0.15) is 4.34 Å². The van der Waals surface area contributed by atoms with Crippen molar-refractivity contribution in [2.75, 3.05) is 0 Å². The Morgan fingerprint density at radius 2 is 2.20 bits per heavy atom. The molecule has 0 saturated heterocycles. The van der Waals surface area contributed by atoms with E-state index in [0.717, 1.165) is 15.7 Å². The smallest absolute Gasteiger partial charge is 0.150 e.